The number of rotatable bonds is 10. The van der Waals surface area contributed by atoms with Crippen molar-refractivity contribution in [3.63, 3.8) is 0 Å². The van der Waals surface area contributed by atoms with Crippen LogP contribution >= 0.6 is 0 Å². The van der Waals surface area contributed by atoms with Crippen LogP contribution in [0.4, 0.5) is 0 Å². The van der Waals surface area contributed by atoms with E-state index < -0.39 is 36.9 Å². The van der Waals surface area contributed by atoms with Crippen LogP contribution in [-0.2, 0) is 18.9 Å². The monoisotopic (exact) mass is 414 g/mol. The molecular formula is C17H30N6O6. The van der Waals surface area contributed by atoms with Gasteiger partial charge in [0.05, 0.1) is 24.4 Å². The Kier molecular flexibility index (Phi) is 9.92. The predicted octanol–water partition coefficient (Wildman–Crippen LogP) is 2.54. The molecule has 0 radical (unpaired) electrons. The third-order valence-corrected chi connectivity index (χ3v) is 5.26. The Bertz CT molecular complexity index is 549. The average Bonchev–Trinajstić information content (AvgIpc) is 2.67. The SMILES string of the molecule is COC1C[C@@H](O)C[C@@H](C[C@@H](C[C@@H](C[C@@H]2C[C@H](O)CC(OC)O2)N=[N+]=[N-])N=[N+]=[N-])O1. The second-order valence-corrected chi connectivity index (χ2v) is 7.52. The lowest BCUT2D eigenvalue weighted by atomic mass is 9.92. The zero-order valence-electron chi connectivity index (χ0n) is 16.8. The molecule has 0 bridgehead atoms. The molecule has 12 heteroatoms. The van der Waals surface area contributed by atoms with Crippen LogP contribution in [0.2, 0.25) is 0 Å². The minimum atomic E-state index is -0.554. The summed E-state index contributed by atoms with van der Waals surface area (Å²) in [5, 5.41) is 27.7. The molecule has 0 aliphatic carbocycles. The molecule has 0 saturated carbocycles. The van der Waals surface area contributed by atoms with E-state index in [1.54, 1.807) is 0 Å². The van der Waals surface area contributed by atoms with E-state index in [2.05, 4.69) is 20.1 Å². The first-order valence-electron chi connectivity index (χ1n) is 9.78. The van der Waals surface area contributed by atoms with Gasteiger partial charge in [0, 0.05) is 49.0 Å². The Labute approximate surface area is 169 Å². The summed E-state index contributed by atoms with van der Waals surface area (Å²) in [6, 6.07) is -0.981. The molecule has 0 amide bonds. The molecule has 2 rings (SSSR count). The molecule has 0 aromatic rings. The van der Waals surface area contributed by atoms with Gasteiger partial charge < -0.3 is 29.2 Å². The normalized spacial score (nSPS) is 34.5. The van der Waals surface area contributed by atoms with Gasteiger partial charge in [-0.2, -0.15) is 0 Å². The lowest BCUT2D eigenvalue weighted by Gasteiger charge is -2.35. The van der Waals surface area contributed by atoms with Crippen molar-refractivity contribution in [2.24, 2.45) is 10.2 Å². The van der Waals surface area contributed by atoms with Crippen LogP contribution < -0.4 is 0 Å². The number of methoxy groups -OCH3 is 2. The summed E-state index contributed by atoms with van der Waals surface area (Å²) in [7, 11) is 3.02. The first-order chi connectivity index (χ1) is 14.0. The molecule has 2 fully saturated rings. The summed E-state index contributed by atoms with van der Waals surface area (Å²) in [5.41, 5.74) is 17.9. The highest BCUT2D eigenvalue weighted by Crippen LogP contribution is 2.28. The first-order valence-corrected chi connectivity index (χ1v) is 9.78. The molecule has 2 unspecified atom stereocenters. The van der Waals surface area contributed by atoms with Crippen LogP contribution in [-0.4, -0.2) is 73.5 Å². The van der Waals surface area contributed by atoms with Crippen LogP contribution in [0.5, 0.6) is 0 Å². The van der Waals surface area contributed by atoms with Crippen molar-refractivity contribution < 1.29 is 29.2 Å². The van der Waals surface area contributed by atoms with Gasteiger partial charge in [-0.1, -0.05) is 10.2 Å². The van der Waals surface area contributed by atoms with Crippen molar-refractivity contribution in [1.82, 2.24) is 0 Å². The lowest BCUT2D eigenvalue weighted by Crippen LogP contribution is -2.39. The van der Waals surface area contributed by atoms with E-state index in [0.29, 0.717) is 44.9 Å². The minimum Gasteiger partial charge on any atom is -0.393 e. The minimum absolute atomic E-state index is 0.301. The van der Waals surface area contributed by atoms with E-state index in [9.17, 15) is 10.2 Å². The third kappa shape index (κ3) is 7.96. The van der Waals surface area contributed by atoms with Crippen LogP contribution in [0.1, 0.15) is 44.9 Å². The molecule has 2 aliphatic rings. The number of azide groups is 2. The summed E-state index contributed by atoms with van der Waals surface area (Å²) >= 11 is 0. The Hall–Kier alpha value is -1.62. The number of aliphatic hydroxyl groups is 2. The zero-order chi connectivity index (χ0) is 21.2. The predicted molar refractivity (Wildman–Crippen MR) is 102 cm³/mol. The van der Waals surface area contributed by atoms with Crippen molar-refractivity contribution in [3.05, 3.63) is 20.9 Å². The van der Waals surface area contributed by atoms with E-state index in [4.69, 9.17) is 30.0 Å². The van der Waals surface area contributed by atoms with E-state index in [-0.39, 0.29) is 12.2 Å². The van der Waals surface area contributed by atoms with Crippen molar-refractivity contribution in [1.29, 1.82) is 0 Å². The van der Waals surface area contributed by atoms with Gasteiger partial charge in [0.2, 0.25) is 0 Å². The van der Waals surface area contributed by atoms with E-state index in [1.807, 2.05) is 0 Å². The van der Waals surface area contributed by atoms with E-state index >= 15 is 0 Å². The Balaban J connectivity index is 1.99. The maximum absolute atomic E-state index is 10.00. The molecule has 2 N–H and O–H groups in total. The van der Waals surface area contributed by atoms with E-state index in [0.717, 1.165) is 0 Å². The van der Waals surface area contributed by atoms with Crippen molar-refractivity contribution in [2.75, 3.05) is 14.2 Å². The van der Waals surface area contributed by atoms with Gasteiger partial charge >= 0.3 is 0 Å². The van der Waals surface area contributed by atoms with Crippen LogP contribution in [0.3, 0.4) is 0 Å². The van der Waals surface area contributed by atoms with Crippen molar-refractivity contribution >= 4 is 0 Å². The molecule has 29 heavy (non-hydrogen) atoms. The molecular weight excluding hydrogens is 384 g/mol. The van der Waals surface area contributed by atoms with Gasteiger partial charge in [0.1, 0.15) is 0 Å². The summed E-state index contributed by atoms with van der Waals surface area (Å²) in [5.74, 6) is 0. The van der Waals surface area contributed by atoms with Crippen molar-refractivity contribution in [3.8, 4) is 0 Å². The summed E-state index contributed by atoms with van der Waals surface area (Å²) < 4.78 is 21.9. The number of ether oxygens (including phenoxy) is 4. The highest BCUT2D eigenvalue weighted by Gasteiger charge is 2.33. The third-order valence-electron chi connectivity index (χ3n) is 5.26. The number of hydrogen-bond acceptors (Lipinski definition) is 8. The quantitative estimate of drug-likeness (QED) is 0.315. The maximum atomic E-state index is 10.00. The lowest BCUT2D eigenvalue weighted by molar-refractivity contribution is -0.206. The number of nitrogens with zero attached hydrogens (tertiary/aromatic N) is 6. The first kappa shape index (κ1) is 23.7. The highest BCUT2D eigenvalue weighted by atomic mass is 16.7. The smallest absolute Gasteiger partial charge is 0.160 e. The average molecular weight is 414 g/mol. The van der Waals surface area contributed by atoms with Crippen LogP contribution in [0, 0.1) is 0 Å². The summed E-state index contributed by atoms with van der Waals surface area (Å²) in [6.07, 6.45) is -0.150. The fourth-order valence-electron chi connectivity index (χ4n) is 3.95. The molecule has 12 nitrogen and oxygen atoms in total. The standard InChI is InChI=1S/C17H30N6O6/c1-26-16-8-12(24)6-14(28-16)4-10(20-22-18)3-11(21-23-19)5-15-7-13(25)9-17(27-2)29-15/h10-17,24-25H,3-9H2,1-2H3/t10-,11+,12-,13-,14+,15+,16?,17?/m0/s1. The Morgan fingerprint density at radius 3 is 1.62 bits per heavy atom. The summed E-state index contributed by atoms with van der Waals surface area (Å²) in [4.78, 5) is 5.81. The molecule has 8 atom stereocenters. The molecule has 2 saturated heterocycles. The molecule has 2 aliphatic heterocycles. The maximum Gasteiger partial charge on any atom is 0.160 e. The largest absolute Gasteiger partial charge is 0.393 e. The van der Waals surface area contributed by atoms with Gasteiger partial charge in [-0.25, -0.2) is 0 Å². The fourth-order valence-corrected chi connectivity index (χ4v) is 3.95. The van der Waals surface area contributed by atoms with Crippen LogP contribution in [0.15, 0.2) is 10.2 Å². The summed E-state index contributed by atoms with van der Waals surface area (Å²) in [6.45, 7) is 0. The topological polar surface area (TPSA) is 175 Å². The molecule has 0 aromatic heterocycles. The molecule has 0 aromatic carbocycles. The second-order valence-electron chi connectivity index (χ2n) is 7.52. The number of aliphatic hydroxyl groups excluding tert-OH is 2. The number of hydrogen-bond donors (Lipinski definition) is 2. The van der Waals surface area contributed by atoms with Gasteiger partial charge in [-0.05, 0) is 43.2 Å². The van der Waals surface area contributed by atoms with E-state index in [1.165, 1.54) is 14.2 Å². The fraction of sp³-hybridized carbons (Fsp3) is 1.00. The Morgan fingerprint density at radius 1 is 0.862 bits per heavy atom. The molecule has 2 heterocycles. The Morgan fingerprint density at radius 2 is 1.28 bits per heavy atom. The highest BCUT2D eigenvalue weighted by molar-refractivity contribution is 4.86. The zero-order valence-corrected chi connectivity index (χ0v) is 16.8. The van der Waals surface area contributed by atoms with Gasteiger partial charge in [0.15, 0.2) is 12.6 Å². The van der Waals surface area contributed by atoms with Crippen molar-refractivity contribution in [2.45, 2.75) is 94.0 Å². The van der Waals surface area contributed by atoms with Gasteiger partial charge in [-0.3, -0.25) is 0 Å². The van der Waals surface area contributed by atoms with Gasteiger partial charge in [-0.15, -0.1) is 0 Å². The van der Waals surface area contributed by atoms with Crippen LogP contribution in [0.25, 0.3) is 20.9 Å². The molecule has 0 spiro atoms. The van der Waals surface area contributed by atoms with Gasteiger partial charge in [0.25, 0.3) is 0 Å². The second kappa shape index (κ2) is 12.2. The molecule has 164 valence electrons.